The predicted molar refractivity (Wildman–Crippen MR) is 35.2 cm³/mol. The van der Waals surface area contributed by atoms with Gasteiger partial charge >= 0.3 is 0 Å². The van der Waals surface area contributed by atoms with Gasteiger partial charge in [-0.2, -0.15) is 0 Å². The van der Waals surface area contributed by atoms with Crippen LogP contribution in [0.1, 0.15) is 0 Å². The first-order valence-electron chi connectivity index (χ1n) is 2.93. The van der Waals surface area contributed by atoms with Crippen molar-refractivity contribution in [2.75, 3.05) is 0 Å². The molecule has 2 rings (SSSR count). The molecular formula is C7H5FN2. The van der Waals surface area contributed by atoms with E-state index in [1.165, 1.54) is 12.3 Å². The Morgan fingerprint density at radius 1 is 1.40 bits per heavy atom. The molecule has 0 saturated heterocycles. The Balaban J connectivity index is 2.86. The molecule has 2 aromatic rings. The van der Waals surface area contributed by atoms with E-state index >= 15 is 0 Å². The fourth-order valence-corrected chi connectivity index (χ4v) is 0.893. The van der Waals surface area contributed by atoms with Crippen LogP contribution in [-0.4, -0.2) is 9.38 Å². The van der Waals surface area contributed by atoms with Crippen LogP contribution in [0, 0.1) is 5.82 Å². The second kappa shape index (κ2) is 1.80. The second-order valence-electron chi connectivity index (χ2n) is 2.07. The van der Waals surface area contributed by atoms with E-state index < -0.39 is 0 Å². The smallest absolute Gasteiger partial charge is 0.139 e. The molecule has 0 saturated carbocycles. The van der Waals surface area contributed by atoms with Crippen LogP contribution >= 0.6 is 0 Å². The SMILES string of the molecule is Fc1ccc2cncn2c1. The number of fused-ring (bicyclic) bond motifs is 1. The van der Waals surface area contributed by atoms with E-state index in [9.17, 15) is 4.39 Å². The highest BCUT2D eigenvalue weighted by Gasteiger charge is 1.92. The molecule has 0 aromatic carbocycles. The van der Waals surface area contributed by atoms with E-state index in [4.69, 9.17) is 0 Å². The molecule has 2 nitrogen and oxygen atoms in total. The monoisotopic (exact) mass is 136 g/mol. The third-order valence-electron chi connectivity index (χ3n) is 1.37. The Labute approximate surface area is 56.9 Å². The molecule has 0 aliphatic carbocycles. The lowest BCUT2D eigenvalue weighted by atomic mass is 10.4. The number of rotatable bonds is 0. The summed E-state index contributed by atoms with van der Waals surface area (Å²) in [5.41, 5.74) is 0.904. The lowest BCUT2D eigenvalue weighted by Gasteiger charge is -1.90. The molecule has 2 heterocycles. The van der Waals surface area contributed by atoms with Gasteiger partial charge in [0.05, 0.1) is 18.0 Å². The number of nitrogens with zero attached hydrogens (tertiary/aromatic N) is 2. The molecule has 0 N–H and O–H groups in total. The van der Waals surface area contributed by atoms with Gasteiger partial charge in [0.1, 0.15) is 5.82 Å². The number of halogens is 1. The molecule has 0 bridgehead atoms. The van der Waals surface area contributed by atoms with Crippen molar-refractivity contribution in [1.82, 2.24) is 9.38 Å². The minimum Gasteiger partial charge on any atom is -0.303 e. The number of hydrogen-bond donors (Lipinski definition) is 0. The van der Waals surface area contributed by atoms with E-state index in [2.05, 4.69) is 4.98 Å². The van der Waals surface area contributed by atoms with Gasteiger partial charge in [-0.15, -0.1) is 0 Å². The molecule has 0 amide bonds. The molecule has 0 aliphatic heterocycles. The lowest BCUT2D eigenvalue weighted by Crippen LogP contribution is -1.82. The summed E-state index contributed by atoms with van der Waals surface area (Å²) in [6.45, 7) is 0. The summed E-state index contributed by atoms with van der Waals surface area (Å²) in [4.78, 5) is 3.84. The van der Waals surface area contributed by atoms with Crippen LogP contribution < -0.4 is 0 Å². The van der Waals surface area contributed by atoms with Crippen molar-refractivity contribution in [1.29, 1.82) is 0 Å². The van der Waals surface area contributed by atoms with E-state index in [1.807, 2.05) is 0 Å². The minimum atomic E-state index is -0.245. The molecular weight excluding hydrogens is 131 g/mol. The number of imidazole rings is 1. The van der Waals surface area contributed by atoms with Gasteiger partial charge in [0.15, 0.2) is 0 Å². The third kappa shape index (κ3) is 0.673. The van der Waals surface area contributed by atoms with Crippen molar-refractivity contribution in [3.05, 3.63) is 36.7 Å². The zero-order valence-electron chi connectivity index (χ0n) is 5.16. The molecule has 0 fully saturated rings. The van der Waals surface area contributed by atoms with Crippen molar-refractivity contribution in [2.24, 2.45) is 0 Å². The highest BCUT2D eigenvalue weighted by atomic mass is 19.1. The highest BCUT2D eigenvalue weighted by Crippen LogP contribution is 2.02. The van der Waals surface area contributed by atoms with Crippen LogP contribution in [0.2, 0.25) is 0 Å². The number of aromatic nitrogens is 2. The standard InChI is InChI=1S/C7H5FN2/c8-6-1-2-7-3-9-5-10(7)4-6/h1-5H. The van der Waals surface area contributed by atoms with Crippen LogP contribution in [0.3, 0.4) is 0 Å². The van der Waals surface area contributed by atoms with Crippen LogP contribution in [0.15, 0.2) is 30.9 Å². The van der Waals surface area contributed by atoms with E-state index in [1.54, 1.807) is 23.0 Å². The molecule has 2 aromatic heterocycles. The van der Waals surface area contributed by atoms with Crippen molar-refractivity contribution in [3.8, 4) is 0 Å². The zero-order chi connectivity index (χ0) is 6.97. The largest absolute Gasteiger partial charge is 0.303 e. The average Bonchev–Trinajstić information content (AvgIpc) is 2.33. The third-order valence-corrected chi connectivity index (χ3v) is 1.37. The Morgan fingerprint density at radius 3 is 3.20 bits per heavy atom. The molecule has 0 spiro atoms. The summed E-state index contributed by atoms with van der Waals surface area (Å²) in [5, 5.41) is 0. The van der Waals surface area contributed by atoms with Crippen LogP contribution in [0.4, 0.5) is 4.39 Å². The topological polar surface area (TPSA) is 17.3 Å². The highest BCUT2D eigenvalue weighted by molar-refractivity contribution is 5.43. The fourth-order valence-electron chi connectivity index (χ4n) is 0.893. The maximum absolute atomic E-state index is 12.5. The first-order valence-corrected chi connectivity index (χ1v) is 2.93. The summed E-state index contributed by atoms with van der Waals surface area (Å²) in [7, 11) is 0. The Bertz CT molecular complexity index is 353. The summed E-state index contributed by atoms with van der Waals surface area (Å²) in [6.07, 6.45) is 4.64. The Morgan fingerprint density at radius 2 is 2.30 bits per heavy atom. The van der Waals surface area contributed by atoms with Crippen molar-refractivity contribution in [2.45, 2.75) is 0 Å². The summed E-state index contributed by atoms with van der Waals surface area (Å²) >= 11 is 0. The van der Waals surface area contributed by atoms with Gasteiger partial charge in [-0.25, -0.2) is 9.37 Å². The normalized spacial score (nSPS) is 10.5. The van der Waals surface area contributed by atoms with Crippen LogP contribution in [-0.2, 0) is 0 Å². The maximum atomic E-state index is 12.5. The molecule has 0 unspecified atom stereocenters. The van der Waals surface area contributed by atoms with E-state index in [0.29, 0.717) is 0 Å². The quantitative estimate of drug-likeness (QED) is 0.536. The Hall–Kier alpha value is -1.38. The maximum Gasteiger partial charge on any atom is 0.139 e. The van der Waals surface area contributed by atoms with Gasteiger partial charge in [-0.05, 0) is 12.1 Å². The van der Waals surface area contributed by atoms with Gasteiger partial charge in [-0.1, -0.05) is 0 Å². The van der Waals surface area contributed by atoms with E-state index in [-0.39, 0.29) is 5.82 Å². The summed E-state index contributed by atoms with van der Waals surface area (Å²) in [6, 6.07) is 3.10. The first-order chi connectivity index (χ1) is 4.86. The van der Waals surface area contributed by atoms with Gasteiger partial charge in [0.25, 0.3) is 0 Å². The predicted octanol–water partition coefficient (Wildman–Crippen LogP) is 1.47. The van der Waals surface area contributed by atoms with E-state index in [0.717, 1.165) is 5.52 Å². The van der Waals surface area contributed by atoms with Gasteiger partial charge in [0.2, 0.25) is 0 Å². The zero-order valence-corrected chi connectivity index (χ0v) is 5.16. The van der Waals surface area contributed by atoms with Crippen molar-refractivity contribution in [3.63, 3.8) is 0 Å². The first kappa shape index (κ1) is 5.41. The van der Waals surface area contributed by atoms with Crippen molar-refractivity contribution >= 4 is 5.52 Å². The Kier molecular flexibility index (Phi) is 0.974. The second-order valence-corrected chi connectivity index (χ2v) is 2.07. The molecule has 0 radical (unpaired) electrons. The summed E-state index contributed by atoms with van der Waals surface area (Å²) in [5.74, 6) is -0.245. The lowest BCUT2D eigenvalue weighted by molar-refractivity contribution is 0.619. The molecule has 50 valence electrons. The van der Waals surface area contributed by atoms with Crippen molar-refractivity contribution < 1.29 is 4.39 Å². The number of hydrogen-bond acceptors (Lipinski definition) is 1. The van der Waals surface area contributed by atoms with Gasteiger partial charge in [0, 0.05) is 6.20 Å². The molecule has 3 heteroatoms. The molecule has 0 aliphatic rings. The average molecular weight is 136 g/mol. The van der Waals surface area contributed by atoms with Crippen LogP contribution in [0.25, 0.3) is 5.52 Å². The van der Waals surface area contributed by atoms with Gasteiger partial charge < -0.3 is 4.40 Å². The fraction of sp³-hybridized carbons (Fsp3) is 0. The molecule has 10 heavy (non-hydrogen) atoms. The number of pyridine rings is 1. The minimum absolute atomic E-state index is 0.245. The van der Waals surface area contributed by atoms with Gasteiger partial charge in [-0.3, -0.25) is 0 Å². The van der Waals surface area contributed by atoms with Crippen LogP contribution in [0.5, 0.6) is 0 Å². The molecule has 0 atom stereocenters. The summed E-state index contributed by atoms with van der Waals surface area (Å²) < 4.78 is 14.1.